The van der Waals surface area contributed by atoms with Crippen molar-refractivity contribution < 1.29 is 14.3 Å². The largest absolute Gasteiger partial charge is 0.445 e. The number of benzene rings is 2. The van der Waals surface area contributed by atoms with Crippen molar-refractivity contribution in [2.24, 2.45) is 0 Å². The minimum atomic E-state index is -0.334. The average molecular weight is 363 g/mol. The number of nitrogens with one attached hydrogen (secondary N) is 1. The second-order valence-corrected chi connectivity index (χ2v) is 6.60. The van der Waals surface area contributed by atoms with E-state index in [2.05, 4.69) is 4.98 Å². The van der Waals surface area contributed by atoms with Gasteiger partial charge in [0.2, 0.25) is 0 Å². The number of aromatic amines is 1. The molecule has 6 heteroatoms. The van der Waals surface area contributed by atoms with Crippen molar-refractivity contribution in [1.29, 1.82) is 0 Å². The van der Waals surface area contributed by atoms with E-state index in [4.69, 9.17) is 4.74 Å². The molecule has 6 nitrogen and oxygen atoms in total. The molecule has 0 radical (unpaired) electrons. The number of fused-ring (bicyclic) bond motifs is 1. The molecule has 3 aromatic rings. The number of piperazine rings is 1. The van der Waals surface area contributed by atoms with Crippen LogP contribution < -0.4 is 0 Å². The highest BCUT2D eigenvalue weighted by Gasteiger charge is 2.25. The van der Waals surface area contributed by atoms with E-state index < -0.39 is 0 Å². The molecule has 138 valence electrons. The van der Waals surface area contributed by atoms with E-state index >= 15 is 0 Å². The van der Waals surface area contributed by atoms with Gasteiger partial charge in [0, 0.05) is 43.5 Å². The first kappa shape index (κ1) is 17.1. The summed E-state index contributed by atoms with van der Waals surface area (Å²) in [5.74, 6) is -0.0104. The molecule has 2 heterocycles. The lowest BCUT2D eigenvalue weighted by Gasteiger charge is -2.34. The highest BCUT2D eigenvalue weighted by atomic mass is 16.6. The van der Waals surface area contributed by atoms with Crippen molar-refractivity contribution in [3.8, 4) is 0 Å². The molecule has 1 N–H and O–H groups in total. The van der Waals surface area contributed by atoms with Crippen LogP contribution in [0.1, 0.15) is 15.9 Å². The first-order valence-electron chi connectivity index (χ1n) is 9.03. The standard InChI is InChI=1S/C21H21N3O3/c25-20(18-7-6-17-8-9-22-19(17)14-18)23-10-12-24(13-11-23)21(26)27-15-16-4-2-1-3-5-16/h1-9,14,22H,10-13,15H2. The smallest absolute Gasteiger partial charge is 0.410 e. The zero-order valence-corrected chi connectivity index (χ0v) is 14.9. The van der Waals surface area contributed by atoms with Crippen molar-refractivity contribution in [3.05, 3.63) is 71.9 Å². The Hall–Kier alpha value is -3.28. The highest BCUT2D eigenvalue weighted by molar-refractivity contribution is 5.98. The molecule has 4 rings (SSSR count). The van der Waals surface area contributed by atoms with Gasteiger partial charge in [0.25, 0.3) is 5.91 Å². The fourth-order valence-electron chi connectivity index (χ4n) is 3.27. The van der Waals surface area contributed by atoms with Gasteiger partial charge in [0.1, 0.15) is 6.61 Å². The normalized spacial score (nSPS) is 14.4. The third kappa shape index (κ3) is 3.79. The first-order chi connectivity index (χ1) is 13.2. The Balaban J connectivity index is 1.31. The second kappa shape index (κ2) is 7.53. The SMILES string of the molecule is O=C(OCc1ccccc1)N1CCN(C(=O)c2ccc3cc[nH]c3c2)CC1. The number of nitrogens with zero attached hydrogens (tertiary/aromatic N) is 2. The van der Waals surface area contributed by atoms with Crippen LogP contribution in [0.15, 0.2) is 60.8 Å². The van der Waals surface area contributed by atoms with E-state index in [-0.39, 0.29) is 18.6 Å². The summed E-state index contributed by atoms with van der Waals surface area (Å²) < 4.78 is 5.37. The Morgan fingerprint density at radius 2 is 1.67 bits per heavy atom. The Labute approximate surface area is 157 Å². The summed E-state index contributed by atoms with van der Waals surface area (Å²) in [5, 5.41) is 1.08. The van der Waals surface area contributed by atoms with E-state index in [0.29, 0.717) is 31.7 Å². The lowest BCUT2D eigenvalue weighted by Crippen LogP contribution is -2.50. The number of amides is 2. The van der Waals surface area contributed by atoms with E-state index in [1.54, 1.807) is 9.80 Å². The maximum Gasteiger partial charge on any atom is 0.410 e. The summed E-state index contributed by atoms with van der Waals surface area (Å²) in [6.45, 7) is 2.22. The lowest BCUT2D eigenvalue weighted by atomic mass is 10.1. The molecule has 1 fully saturated rings. The Morgan fingerprint density at radius 3 is 2.44 bits per heavy atom. The third-order valence-corrected chi connectivity index (χ3v) is 4.83. The number of carbonyl (C=O) groups is 2. The summed E-state index contributed by atoms with van der Waals surface area (Å²) in [6.07, 6.45) is 1.53. The fraction of sp³-hybridized carbons (Fsp3) is 0.238. The number of aromatic nitrogens is 1. The number of H-pyrrole nitrogens is 1. The van der Waals surface area contributed by atoms with Gasteiger partial charge in [-0.2, -0.15) is 0 Å². The molecular formula is C21H21N3O3. The maximum atomic E-state index is 12.7. The van der Waals surface area contributed by atoms with Crippen LogP contribution in [0.4, 0.5) is 4.79 Å². The molecule has 0 atom stereocenters. The van der Waals surface area contributed by atoms with Crippen LogP contribution in [0.2, 0.25) is 0 Å². The molecule has 1 saturated heterocycles. The summed E-state index contributed by atoms with van der Waals surface area (Å²) in [4.78, 5) is 31.5. The molecule has 27 heavy (non-hydrogen) atoms. The van der Waals surface area contributed by atoms with Crippen molar-refractivity contribution >= 4 is 22.9 Å². The van der Waals surface area contributed by atoms with Gasteiger partial charge in [-0.05, 0) is 29.1 Å². The second-order valence-electron chi connectivity index (χ2n) is 6.60. The monoisotopic (exact) mass is 363 g/mol. The minimum absolute atomic E-state index is 0.0104. The number of hydrogen-bond donors (Lipinski definition) is 1. The topological polar surface area (TPSA) is 65.6 Å². The predicted octanol–water partition coefficient (Wildman–Crippen LogP) is 3.26. The molecule has 0 spiro atoms. The van der Waals surface area contributed by atoms with Crippen molar-refractivity contribution in [2.45, 2.75) is 6.61 Å². The zero-order valence-electron chi connectivity index (χ0n) is 14.9. The van der Waals surface area contributed by atoms with E-state index in [1.165, 1.54) is 0 Å². The summed E-state index contributed by atoms with van der Waals surface area (Å²) >= 11 is 0. The molecule has 1 aliphatic heterocycles. The number of carbonyl (C=O) groups excluding carboxylic acids is 2. The average Bonchev–Trinajstić information content (AvgIpc) is 3.20. The van der Waals surface area contributed by atoms with Gasteiger partial charge in [-0.1, -0.05) is 36.4 Å². The third-order valence-electron chi connectivity index (χ3n) is 4.83. The summed E-state index contributed by atoms with van der Waals surface area (Å²) in [5.41, 5.74) is 2.56. The van der Waals surface area contributed by atoms with Crippen LogP contribution in [-0.4, -0.2) is 53.0 Å². The molecule has 0 unspecified atom stereocenters. The molecule has 2 amide bonds. The Kier molecular flexibility index (Phi) is 4.78. The van der Waals surface area contributed by atoms with Gasteiger partial charge in [-0.25, -0.2) is 4.79 Å². The first-order valence-corrected chi connectivity index (χ1v) is 9.03. The van der Waals surface area contributed by atoms with Crippen LogP contribution in [0, 0.1) is 0 Å². The van der Waals surface area contributed by atoms with Gasteiger partial charge in [0.15, 0.2) is 0 Å². The van der Waals surface area contributed by atoms with E-state index in [9.17, 15) is 9.59 Å². The molecule has 1 aliphatic rings. The highest BCUT2D eigenvalue weighted by Crippen LogP contribution is 2.17. The van der Waals surface area contributed by atoms with Crippen molar-refractivity contribution in [3.63, 3.8) is 0 Å². The van der Waals surface area contributed by atoms with Gasteiger partial charge >= 0.3 is 6.09 Å². The molecule has 0 bridgehead atoms. The number of rotatable bonds is 3. The number of hydrogen-bond acceptors (Lipinski definition) is 3. The van der Waals surface area contributed by atoms with Crippen molar-refractivity contribution in [1.82, 2.24) is 14.8 Å². The van der Waals surface area contributed by atoms with Crippen molar-refractivity contribution in [2.75, 3.05) is 26.2 Å². The Morgan fingerprint density at radius 1 is 0.926 bits per heavy atom. The van der Waals surface area contributed by atoms with Crippen LogP contribution in [0.3, 0.4) is 0 Å². The molecule has 0 aliphatic carbocycles. The lowest BCUT2D eigenvalue weighted by molar-refractivity contribution is 0.0544. The van der Waals surface area contributed by atoms with Crippen LogP contribution in [-0.2, 0) is 11.3 Å². The van der Waals surface area contributed by atoms with Gasteiger partial charge < -0.3 is 19.5 Å². The van der Waals surface area contributed by atoms with E-state index in [0.717, 1.165) is 16.5 Å². The van der Waals surface area contributed by atoms with Gasteiger partial charge in [-0.15, -0.1) is 0 Å². The molecular weight excluding hydrogens is 342 g/mol. The quantitative estimate of drug-likeness (QED) is 0.777. The summed E-state index contributed by atoms with van der Waals surface area (Å²) in [7, 11) is 0. The van der Waals surface area contributed by atoms with Crippen LogP contribution in [0.5, 0.6) is 0 Å². The predicted molar refractivity (Wildman–Crippen MR) is 102 cm³/mol. The van der Waals surface area contributed by atoms with E-state index in [1.807, 2.05) is 60.8 Å². The minimum Gasteiger partial charge on any atom is -0.445 e. The van der Waals surface area contributed by atoms with Gasteiger partial charge in [0.05, 0.1) is 0 Å². The maximum absolute atomic E-state index is 12.7. The molecule has 2 aromatic carbocycles. The van der Waals surface area contributed by atoms with Crippen LogP contribution >= 0.6 is 0 Å². The van der Waals surface area contributed by atoms with Gasteiger partial charge in [-0.3, -0.25) is 4.79 Å². The zero-order chi connectivity index (χ0) is 18.6. The summed E-state index contributed by atoms with van der Waals surface area (Å²) in [6, 6.07) is 17.2. The molecule has 0 saturated carbocycles. The molecule has 1 aromatic heterocycles. The fourth-order valence-corrected chi connectivity index (χ4v) is 3.27. The number of ether oxygens (including phenoxy) is 1. The Bertz CT molecular complexity index is 943. The van der Waals surface area contributed by atoms with Crippen LogP contribution in [0.25, 0.3) is 10.9 Å².